The van der Waals surface area contributed by atoms with Gasteiger partial charge in [0.05, 0.1) is 6.26 Å². The molecule has 0 aromatic rings. The number of hydrogen-bond donors (Lipinski definition) is 2. The number of alkyl carbamates (subject to hydrolysis) is 1. The first-order valence-electron chi connectivity index (χ1n) is 6.98. The van der Waals surface area contributed by atoms with E-state index < -0.39 is 18.6 Å². The number of carboxylic acids is 1. The van der Waals surface area contributed by atoms with Crippen LogP contribution in [0.25, 0.3) is 0 Å². The molecule has 0 heterocycles. The maximum Gasteiger partial charge on any atom is 0.412 e. The molecule has 0 aliphatic carbocycles. The molecule has 0 rings (SSSR count). The normalized spacial score (nSPS) is 10.6. The summed E-state index contributed by atoms with van der Waals surface area (Å²) in [5, 5.41) is 10.4. The molecule has 0 radical (unpaired) electrons. The number of hydrogen-bond acceptors (Lipinski definition) is 3. The molecule has 0 saturated carbocycles. The van der Waals surface area contributed by atoms with Crippen molar-refractivity contribution in [2.45, 2.75) is 58.3 Å². The van der Waals surface area contributed by atoms with Crippen LogP contribution in [0, 0.1) is 0 Å². The first kappa shape index (κ1) is 17.5. The maximum absolute atomic E-state index is 10.9. The van der Waals surface area contributed by atoms with E-state index in [0.717, 1.165) is 12.8 Å². The molecule has 0 spiro atoms. The molecule has 0 bridgehead atoms. The second-order valence-corrected chi connectivity index (χ2v) is 4.43. The topological polar surface area (TPSA) is 75.6 Å². The fourth-order valence-electron chi connectivity index (χ4n) is 1.59. The zero-order chi connectivity index (χ0) is 14.3. The van der Waals surface area contributed by atoms with Gasteiger partial charge in [-0.2, -0.15) is 0 Å². The van der Waals surface area contributed by atoms with Crippen LogP contribution in [0.15, 0.2) is 12.3 Å². The summed E-state index contributed by atoms with van der Waals surface area (Å²) in [6.07, 6.45) is 12.0. The van der Waals surface area contributed by atoms with Gasteiger partial charge in [0.25, 0.3) is 0 Å². The Morgan fingerprint density at radius 3 is 2.37 bits per heavy atom. The van der Waals surface area contributed by atoms with Gasteiger partial charge in [0.1, 0.15) is 6.54 Å². The number of unbranched alkanes of at least 4 members (excludes halogenated alkanes) is 7. The summed E-state index contributed by atoms with van der Waals surface area (Å²) in [7, 11) is 0. The Kier molecular flexibility index (Phi) is 11.9. The Morgan fingerprint density at radius 1 is 1.11 bits per heavy atom. The van der Waals surface area contributed by atoms with E-state index in [-0.39, 0.29) is 0 Å². The predicted molar refractivity (Wildman–Crippen MR) is 73.9 cm³/mol. The fourth-order valence-corrected chi connectivity index (χ4v) is 1.59. The van der Waals surface area contributed by atoms with Crippen LogP contribution in [0.5, 0.6) is 0 Å². The fraction of sp³-hybridized carbons (Fsp3) is 0.714. The number of ether oxygens (including phenoxy) is 1. The minimum atomic E-state index is -1.09. The molecule has 0 aromatic carbocycles. The summed E-state index contributed by atoms with van der Waals surface area (Å²) in [4.78, 5) is 21.1. The maximum atomic E-state index is 10.9. The quantitative estimate of drug-likeness (QED) is 0.446. The molecule has 1 amide bonds. The Balaban J connectivity index is 3.29. The molecule has 0 fully saturated rings. The molecule has 0 aliphatic heterocycles. The summed E-state index contributed by atoms with van der Waals surface area (Å²) >= 11 is 0. The second kappa shape index (κ2) is 12.9. The Hall–Kier alpha value is -1.52. The van der Waals surface area contributed by atoms with Gasteiger partial charge in [0.15, 0.2) is 0 Å². The molecule has 2 N–H and O–H groups in total. The first-order chi connectivity index (χ1) is 9.16. The highest BCUT2D eigenvalue weighted by molar-refractivity contribution is 5.76. The monoisotopic (exact) mass is 271 g/mol. The highest BCUT2D eigenvalue weighted by Gasteiger charge is 2.01. The van der Waals surface area contributed by atoms with Gasteiger partial charge in [0, 0.05) is 0 Å². The van der Waals surface area contributed by atoms with Crippen LogP contribution in [0.3, 0.4) is 0 Å². The minimum Gasteiger partial charge on any atom is -0.480 e. The minimum absolute atomic E-state index is 0.426. The van der Waals surface area contributed by atoms with Crippen LogP contribution < -0.4 is 5.32 Å². The molecule has 0 aliphatic rings. The van der Waals surface area contributed by atoms with E-state index in [1.165, 1.54) is 44.8 Å². The Bertz CT molecular complexity index is 277. The third-order valence-electron chi connectivity index (χ3n) is 2.63. The van der Waals surface area contributed by atoms with Gasteiger partial charge in [0.2, 0.25) is 0 Å². The summed E-state index contributed by atoms with van der Waals surface area (Å²) in [6.45, 7) is 1.78. The van der Waals surface area contributed by atoms with Gasteiger partial charge >= 0.3 is 12.1 Å². The molecule has 5 heteroatoms. The number of aliphatic carboxylic acids is 1. The molecule has 0 unspecified atom stereocenters. The van der Waals surface area contributed by atoms with Crippen LogP contribution in [-0.2, 0) is 9.53 Å². The largest absolute Gasteiger partial charge is 0.480 e. The second-order valence-electron chi connectivity index (χ2n) is 4.43. The molecular formula is C14H25NO4. The van der Waals surface area contributed by atoms with Crippen molar-refractivity contribution in [2.75, 3.05) is 6.54 Å². The highest BCUT2D eigenvalue weighted by atomic mass is 16.5. The van der Waals surface area contributed by atoms with Gasteiger partial charge in [-0.05, 0) is 18.9 Å². The highest BCUT2D eigenvalue weighted by Crippen LogP contribution is 2.08. The first-order valence-corrected chi connectivity index (χ1v) is 6.98. The van der Waals surface area contributed by atoms with E-state index in [1.807, 2.05) is 0 Å². The Labute approximate surface area is 115 Å². The van der Waals surface area contributed by atoms with Crippen LogP contribution in [0.2, 0.25) is 0 Å². The lowest BCUT2D eigenvalue weighted by atomic mass is 10.1. The zero-order valence-corrected chi connectivity index (χ0v) is 11.7. The third-order valence-corrected chi connectivity index (χ3v) is 2.63. The number of nitrogens with one attached hydrogen (secondary N) is 1. The van der Waals surface area contributed by atoms with Crippen LogP contribution in [0.4, 0.5) is 4.79 Å². The van der Waals surface area contributed by atoms with Crippen molar-refractivity contribution in [1.29, 1.82) is 0 Å². The summed E-state index contributed by atoms with van der Waals surface area (Å²) in [6, 6.07) is 0. The molecular weight excluding hydrogens is 246 g/mol. The molecule has 19 heavy (non-hydrogen) atoms. The van der Waals surface area contributed by atoms with Crippen molar-refractivity contribution in [1.82, 2.24) is 5.32 Å². The van der Waals surface area contributed by atoms with Crippen molar-refractivity contribution in [3.05, 3.63) is 12.3 Å². The average molecular weight is 271 g/mol. The predicted octanol–water partition coefficient (Wildman–Crippen LogP) is 3.45. The van der Waals surface area contributed by atoms with Crippen molar-refractivity contribution in [3.8, 4) is 0 Å². The van der Waals surface area contributed by atoms with Crippen molar-refractivity contribution < 1.29 is 19.4 Å². The summed E-state index contributed by atoms with van der Waals surface area (Å²) in [5.74, 6) is -1.09. The third kappa shape index (κ3) is 14.4. The van der Waals surface area contributed by atoms with Crippen LogP contribution in [-0.4, -0.2) is 23.7 Å². The number of carbonyl (C=O) groups excluding carboxylic acids is 1. The molecule has 0 saturated heterocycles. The van der Waals surface area contributed by atoms with E-state index in [0.29, 0.717) is 0 Å². The van der Waals surface area contributed by atoms with Gasteiger partial charge in [-0.15, -0.1) is 0 Å². The van der Waals surface area contributed by atoms with E-state index in [1.54, 1.807) is 6.08 Å². The van der Waals surface area contributed by atoms with Gasteiger partial charge in [-0.25, -0.2) is 4.79 Å². The average Bonchev–Trinajstić information content (AvgIpc) is 2.38. The van der Waals surface area contributed by atoms with E-state index >= 15 is 0 Å². The number of amides is 1. The van der Waals surface area contributed by atoms with Crippen molar-refractivity contribution in [3.63, 3.8) is 0 Å². The smallest absolute Gasteiger partial charge is 0.412 e. The summed E-state index contributed by atoms with van der Waals surface area (Å²) < 4.78 is 4.66. The lowest BCUT2D eigenvalue weighted by Crippen LogP contribution is -2.28. The Morgan fingerprint density at radius 2 is 1.74 bits per heavy atom. The number of carbonyl (C=O) groups is 2. The van der Waals surface area contributed by atoms with Gasteiger partial charge in [-0.3, -0.25) is 4.79 Å². The number of rotatable bonds is 11. The molecule has 0 aromatic heterocycles. The standard InChI is InChI=1S/C14H25NO4/c1-2-3-4-5-6-7-8-9-10-11-19-14(18)15-12-13(16)17/h10-11H,2-9,12H2,1H3,(H,15,18)(H,16,17). The lowest BCUT2D eigenvalue weighted by Gasteiger charge is -2.00. The zero-order valence-electron chi connectivity index (χ0n) is 11.7. The molecule has 0 atom stereocenters. The van der Waals surface area contributed by atoms with E-state index in [9.17, 15) is 9.59 Å². The number of allylic oxidation sites excluding steroid dienone is 1. The van der Waals surface area contributed by atoms with Crippen LogP contribution in [0.1, 0.15) is 58.3 Å². The van der Waals surface area contributed by atoms with Crippen molar-refractivity contribution >= 4 is 12.1 Å². The van der Waals surface area contributed by atoms with Crippen molar-refractivity contribution in [2.24, 2.45) is 0 Å². The number of carboxylic acid groups (broad SMARTS) is 1. The van der Waals surface area contributed by atoms with Gasteiger partial charge < -0.3 is 15.2 Å². The van der Waals surface area contributed by atoms with E-state index in [2.05, 4.69) is 17.0 Å². The molecule has 110 valence electrons. The van der Waals surface area contributed by atoms with E-state index in [4.69, 9.17) is 5.11 Å². The van der Waals surface area contributed by atoms with Crippen LogP contribution >= 0.6 is 0 Å². The summed E-state index contributed by atoms with van der Waals surface area (Å²) in [5.41, 5.74) is 0. The lowest BCUT2D eigenvalue weighted by molar-refractivity contribution is -0.135. The van der Waals surface area contributed by atoms with Gasteiger partial charge in [-0.1, -0.05) is 45.4 Å². The SMILES string of the molecule is CCCCCCCCCC=COC(=O)NCC(=O)O. The molecule has 5 nitrogen and oxygen atoms in total.